The monoisotopic (exact) mass is 380 g/mol. The molecule has 0 spiro atoms. The second kappa shape index (κ2) is 8.02. The molecule has 3 atom stereocenters. The minimum Gasteiger partial charge on any atom is -0.447 e. The number of carbonyl (C=O) groups is 2. The Labute approximate surface area is 164 Å². The molecule has 2 saturated heterocycles. The summed E-state index contributed by atoms with van der Waals surface area (Å²) in [6, 6.07) is 19.3. The zero-order chi connectivity index (χ0) is 19.5. The van der Waals surface area contributed by atoms with Crippen LogP contribution >= 0.6 is 0 Å². The fourth-order valence-electron chi connectivity index (χ4n) is 4.00. The average molecular weight is 380 g/mol. The van der Waals surface area contributed by atoms with Crippen LogP contribution in [0.4, 0.5) is 10.5 Å². The number of para-hydroxylation sites is 1. The van der Waals surface area contributed by atoms with Gasteiger partial charge in [0.15, 0.2) is 0 Å². The Balaban J connectivity index is 1.77. The van der Waals surface area contributed by atoms with Crippen LogP contribution in [0.2, 0.25) is 0 Å². The van der Waals surface area contributed by atoms with Crippen LogP contribution in [0.1, 0.15) is 31.4 Å². The topological polar surface area (TPSA) is 59.1 Å². The van der Waals surface area contributed by atoms with Gasteiger partial charge in [0.1, 0.15) is 6.61 Å². The van der Waals surface area contributed by atoms with Crippen molar-refractivity contribution in [3.05, 3.63) is 66.2 Å². The van der Waals surface area contributed by atoms with E-state index < -0.39 is 12.0 Å². The molecule has 0 unspecified atom stereocenters. The van der Waals surface area contributed by atoms with E-state index in [9.17, 15) is 9.59 Å². The third kappa shape index (κ3) is 3.36. The summed E-state index contributed by atoms with van der Waals surface area (Å²) < 4.78 is 5.01. The lowest BCUT2D eigenvalue weighted by atomic mass is 9.86. The Morgan fingerprint density at radius 3 is 2.36 bits per heavy atom. The maximum absolute atomic E-state index is 13.4. The van der Waals surface area contributed by atoms with Gasteiger partial charge < -0.3 is 4.74 Å². The number of ether oxygens (including phenoxy) is 1. The standard InChI is InChI=1S/C22H24N2O4/c1-2-9-18-19(21(25)23-14-15-27-22(23)26)20(16-10-5-3-6-11-16)24(28-18)17-12-7-4-8-13-17/h3-8,10-13,18-20H,2,9,14-15H2,1H3/t18-,19-,20+/m0/s1. The number of rotatable bonds is 5. The normalized spacial score (nSPS) is 24.5. The summed E-state index contributed by atoms with van der Waals surface area (Å²) in [7, 11) is 0. The molecular weight excluding hydrogens is 356 g/mol. The highest BCUT2D eigenvalue weighted by molar-refractivity contribution is 5.95. The number of hydrogen-bond donors (Lipinski definition) is 0. The van der Waals surface area contributed by atoms with Gasteiger partial charge in [-0.2, -0.15) is 0 Å². The summed E-state index contributed by atoms with van der Waals surface area (Å²) in [5, 5.41) is 1.83. The summed E-state index contributed by atoms with van der Waals surface area (Å²) in [4.78, 5) is 33.0. The molecule has 2 fully saturated rings. The van der Waals surface area contributed by atoms with Crippen molar-refractivity contribution in [3.63, 3.8) is 0 Å². The smallest absolute Gasteiger partial charge is 0.416 e. The number of benzene rings is 2. The van der Waals surface area contributed by atoms with Crippen LogP contribution < -0.4 is 5.06 Å². The van der Waals surface area contributed by atoms with E-state index in [1.165, 1.54) is 4.90 Å². The molecule has 0 aliphatic carbocycles. The van der Waals surface area contributed by atoms with Crippen molar-refractivity contribution in [1.29, 1.82) is 0 Å². The van der Waals surface area contributed by atoms with Crippen LogP contribution in [0.15, 0.2) is 60.7 Å². The quantitative estimate of drug-likeness (QED) is 0.786. The Hall–Kier alpha value is -2.86. The largest absolute Gasteiger partial charge is 0.447 e. The lowest BCUT2D eigenvalue weighted by molar-refractivity contribution is -0.134. The Bertz CT molecular complexity index is 827. The number of nitrogens with zero attached hydrogens (tertiary/aromatic N) is 2. The summed E-state index contributed by atoms with van der Waals surface area (Å²) in [5.41, 5.74) is 1.87. The van der Waals surface area contributed by atoms with Crippen molar-refractivity contribution in [2.45, 2.75) is 31.9 Å². The number of imide groups is 1. The van der Waals surface area contributed by atoms with E-state index in [0.717, 1.165) is 24.1 Å². The number of amides is 2. The number of cyclic esters (lactones) is 1. The molecule has 0 bridgehead atoms. The minimum atomic E-state index is -0.565. The van der Waals surface area contributed by atoms with Crippen molar-refractivity contribution >= 4 is 17.7 Å². The highest BCUT2D eigenvalue weighted by Gasteiger charge is 2.51. The molecular formula is C22H24N2O4. The lowest BCUT2D eigenvalue weighted by Gasteiger charge is -2.28. The van der Waals surface area contributed by atoms with Gasteiger partial charge in [0.2, 0.25) is 5.91 Å². The molecule has 2 amide bonds. The zero-order valence-corrected chi connectivity index (χ0v) is 15.9. The number of anilines is 1. The van der Waals surface area contributed by atoms with Crippen molar-refractivity contribution in [2.24, 2.45) is 5.92 Å². The molecule has 2 aliphatic heterocycles. The zero-order valence-electron chi connectivity index (χ0n) is 15.9. The van der Waals surface area contributed by atoms with E-state index >= 15 is 0 Å². The summed E-state index contributed by atoms with van der Waals surface area (Å²) in [6.07, 6.45) is 0.733. The molecule has 0 N–H and O–H groups in total. The third-order valence-electron chi connectivity index (χ3n) is 5.28. The second-order valence-corrected chi connectivity index (χ2v) is 7.08. The number of hydrogen-bond acceptors (Lipinski definition) is 5. The Morgan fingerprint density at radius 2 is 1.75 bits per heavy atom. The maximum Gasteiger partial charge on any atom is 0.416 e. The van der Waals surface area contributed by atoms with Crippen LogP contribution in [0.5, 0.6) is 0 Å². The summed E-state index contributed by atoms with van der Waals surface area (Å²) in [6.45, 7) is 2.60. The van der Waals surface area contributed by atoms with Gasteiger partial charge in [-0.1, -0.05) is 61.9 Å². The third-order valence-corrected chi connectivity index (χ3v) is 5.28. The highest BCUT2D eigenvalue weighted by Crippen LogP contribution is 2.44. The molecule has 4 rings (SSSR count). The van der Waals surface area contributed by atoms with Crippen LogP contribution in [0.3, 0.4) is 0 Å². The number of hydroxylamine groups is 1. The van der Waals surface area contributed by atoms with Crippen molar-refractivity contribution in [3.8, 4) is 0 Å². The highest BCUT2D eigenvalue weighted by atomic mass is 16.7. The lowest BCUT2D eigenvalue weighted by Crippen LogP contribution is -2.42. The van der Waals surface area contributed by atoms with Crippen LogP contribution in [0.25, 0.3) is 0 Å². The molecule has 2 heterocycles. The first kappa shape index (κ1) is 18.5. The first-order valence-electron chi connectivity index (χ1n) is 9.75. The first-order chi connectivity index (χ1) is 13.7. The fraction of sp³-hybridized carbons (Fsp3) is 0.364. The van der Waals surface area contributed by atoms with Gasteiger partial charge in [0.25, 0.3) is 0 Å². The summed E-state index contributed by atoms with van der Waals surface area (Å²) >= 11 is 0. The molecule has 2 aromatic rings. The van der Waals surface area contributed by atoms with E-state index in [2.05, 4.69) is 6.92 Å². The summed E-state index contributed by atoms with van der Waals surface area (Å²) in [5.74, 6) is -0.721. The van der Waals surface area contributed by atoms with E-state index in [4.69, 9.17) is 9.57 Å². The molecule has 2 aromatic carbocycles. The molecule has 146 valence electrons. The molecule has 2 aliphatic rings. The number of carbonyl (C=O) groups excluding carboxylic acids is 2. The van der Waals surface area contributed by atoms with Crippen molar-refractivity contribution in [2.75, 3.05) is 18.2 Å². The maximum atomic E-state index is 13.4. The van der Waals surface area contributed by atoms with Gasteiger partial charge in [-0.05, 0) is 24.1 Å². The van der Waals surface area contributed by atoms with E-state index in [1.807, 2.05) is 65.7 Å². The predicted octanol–water partition coefficient (Wildman–Crippen LogP) is 3.94. The molecule has 28 heavy (non-hydrogen) atoms. The average Bonchev–Trinajstić information content (AvgIpc) is 3.33. The van der Waals surface area contributed by atoms with E-state index in [-0.39, 0.29) is 24.7 Å². The molecule has 0 aromatic heterocycles. The Morgan fingerprint density at radius 1 is 1.07 bits per heavy atom. The fourth-order valence-corrected chi connectivity index (χ4v) is 4.00. The van der Waals surface area contributed by atoms with Gasteiger partial charge >= 0.3 is 6.09 Å². The van der Waals surface area contributed by atoms with Gasteiger partial charge in [0.05, 0.1) is 30.3 Å². The first-order valence-corrected chi connectivity index (χ1v) is 9.75. The molecule has 6 heteroatoms. The SMILES string of the molecule is CCC[C@@H]1ON(c2ccccc2)[C@H](c2ccccc2)[C@H]1C(=O)N1CCOC1=O. The predicted molar refractivity (Wildman–Crippen MR) is 104 cm³/mol. The van der Waals surface area contributed by atoms with Gasteiger partial charge in [0, 0.05) is 0 Å². The van der Waals surface area contributed by atoms with Gasteiger partial charge in [-0.25, -0.2) is 14.8 Å². The van der Waals surface area contributed by atoms with Gasteiger partial charge in [-0.15, -0.1) is 0 Å². The Kier molecular flexibility index (Phi) is 5.30. The molecule has 0 radical (unpaired) electrons. The van der Waals surface area contributed by atoms with Gasteiger partial charge in [-0.3, -0.25) is 9.63 Å². The van der Waals surface area contributed by atoms with Crippen LogP contribution in [-0.2, 0) is 14.4 Å². The van der Waals surface area contributed by atoms with Crippen molar-refractivity contribution in [1.82, 2.24) is 4.90 Å². The molecule has 6 nitrogen and oxygen atoms in total. The molecule has 0 saturated carbocycles. The second-order valence-electron chi connectivity index (χ2n) is 7.08. The van der Waals surface area contributed by atoms with E-state index in [1.54, 1.807) is 0 Å². The van der Waals surface area contributed by atoms with E-state index in [0.29, 0.717) is 6.54 Å². The minimum absolute atomic E-state index is 0.228. The van der Waals surface area contributed by atoms with Crippen LogP contribution in [0, 0.1) is 5.92 Å². The van der Waals surface area contributed by atoms with Crippen LogP contribution in [-0.4, -0.2) is 36.2 Å². The van der Waals surface area contributed by atoms with Crippen molar-refractivity contribution < 1.29 is 19.2 Å².